The van der Waals surface area contributed by atoms with Crippen molar-refractivity contribution in [2.24, 2.45) is 7.05 Å². The van der Waals surface area contributed by atoms with Crippen molar-refractivity contribution in [3.8, 4) is 22.6 Å². The van der Waals surface area contributed by atoms with E-state index in [0.717, 1.165) is 46.8 Å². The summed E-state index contributed by atoms with van der Waals surface area (Å²) in [7, 11) is -3.13. The minimum absolute atomic E-state index is 0.0930. The van der Waals surface area contributed by atoms with E-state index in [0.29, 0.717) is 10.0 Å². The molecule has 0 unspecified atom stereocenters. The molecule has 17 heteroatoms. The number of hydrogen-bond donors (Lipinski definition) is 1. The van der Waals surface area contributed by atoms with Crippen LogP contribution in [0.3, 0.4) is 0 Å². The number of ether oxygens (including phenoxy) is 1. The summed E-state index contributed by atoms with van der Waals surface area (Å²) < 4.78 is 102. The summed E-state index contributed by atoms with van der Waals surface area (Å²) in [4.78, 5) is 36.0. The maximum absolute atomic E-state index is 14.7. The van der Waals surface area contributed by atoms with Gasteiger partial charge in [0.15, 0.2) is 11.6 Å². The lowest BCUT2D eigenvalue weighted by Crippen LogP contribution is -2.30. The van der Waals surface area contributed by atoms with E-state index in [1.54, 1.807) is 19.1 Å². The Hall–Kier alpha value is -5.58. The highest BCUT2D eigenvalue weighted by atomic mass is 32.2. The molecule has 11 nitrogen and oxygen atoms in total. The second-order valence-electron chi connectivity index (χ2n) is 9.87. The number of aromatic nitrogens is 2. The minimum Gasteiger partial charge on any atom is -0.446 e. The molecule has 0 saturated heterocycles. The van der Waals surface area contributed by atoms with Gasteiger partial charge in [-0.15, -0.1) is 0 Å². The fourth-order valence-electron chi connectivity index (χ4n) is 4.60. The number of fused-ring (bicyclic) bond motifs is 1. The van der Waals surface area contributed by atoms with Crippen LogP contribution >= 0.6 is 0 Å². The summed E-state index contributed by atoms with van der Waals surface area (Å²) in [6.45, 7) is 1.74. The first-order chi connectivity index (χ1) is 21.5. The smallest absolute Gasteiger partial charge is 0.446 e. The Bertz CT molecular complexity index is 2230. The molecule has 0 aliphatic heterocycles. The number of nitrogens with zero attached hydrogens (tertiary/aromatic N) is 3. The monoisotopic (exact) mass is 662 g/mol. The third-order valence-electron chi connectivity index (χ3n) is 6.78. The van der Waals surface area contributed by atoms with Crippen LogP contribution in [0.4, 0.5) is 33.3 Å². The number of nitro benzene ring substituents is 1. The van der Waals surface area contributed by atoms with Crippen LogP contribution in [0.5, 0.6) is 11.5 Å². The van der Waals surface area contributed by atoms with E-state index >= 15 is 0 Å². The number of nitro groups is 1. The highest BCUT2D eigenvalue weighted by Crippen LogP contribution is 2.47. The van der Waals surface area contributed by atoms with E-state index in [9.17, 15) is 50.1 Å². The van der Waals surface area contributed by atoms with Crippen LogP contribution in [-0.2, 0) is 21.9 Å². The van der Waals surface area contributed by atoms with Gasteiger partial charge in [-0.1, -0.05) is 17.7 Å². The lowest BCUT2D eigenvalue weighted by molar-refractivity contribution is -0.384. The maximum atomic E-state index is 14.7. The number of pyridine rings is 1. The van der Waals surface area contributed by atoms with Crippen LogP contribution < -0.4 is 15.6 Å². The molecule has 0 aliphatic carbocycles. The summed E-state index contributed by atoms with van der Waals surface area (Å²) in [5.74, 6) is -6.65. The van der Waals surface area contributed by atoms with E-state index in [1.807, 2.05) is 0 Å². The van der Waals surface area contributed by atoms with E-state index < -0.39 is 72.6 Å². The molecule has 1 amide bonds. The standard InChI is InChI=1S/C29H19F5N4O7S/c1-15-3-6-17(7-4-15)46(43,44)37-12-11-18-20(14-36(2)27(39)24(18)37)19-8-9-22(35-28(40)29(32,33)34)25(38(41)42)26(19)45-23-10-5-16(30)13-21(23)31/h3-14H,1-2H3,(H,35,40). The number of rotatable bonds is 7. The van der Waals surface area contributed by atoms with Crippen LogP contribution in [0.1, 0.15) is 5.56 Å². The van der Waals surface area contributed by atoms with Gasteiger partial charge < -0.3 is 14.6 Å². The number of carbonyl (C=O) groups is 1. The SMILES string of the molecule is Cc1ccc(S(=O)(=O)n2ccc3c(-c4ccc(NC(=O)C(F)(F)F)c([N+](=O)[O-])c4Oc4ccc(F)cc4F)cn(C)c(=O)c32)cc1. The molecule has 0 spiro atoms. The number of amides is 1. The van der Waals surface area contributed by atoms with Crippen molar-refractivity contribution in [2.45, 2.75) is 18.0 Å². The quantitative estimate of drug-likeness (QED) is 0.127. The van der Waals surface area contributed by atoms with E-state index in [2.05, 4.69) is 0 Å². The highest BCUT2D eigenvalue weighted by Gasteiger charge is 2.40. The molecule has 2 heterocycles. The highest BCUT2D eigenvalue weighted by molar-refractivity contribution is 7.90. The third kappa shape index (κ3) is 5.67. The van der Waals surface area contributed by atoms with Gasteiger partial charge in [-0.3, -0.25) is 19.7 Å². The lowest BCUT2D eigenvalue weighted by Gasteiger charge is -2.17. The molecule has 3 aromatic carbocycles. The molecule has 0 fully saturated rings. The second kappa shape index (κ2) is 11.4. The second-order valence-corrected chi connectivity index (χ2v) is 11.7. The first-order valence-corrected chi connectivity index (χ1v) is 14.3. The van der Waals surface area contributed by atoms with Crippen molar-refractivity contribution in [1.82, 2.24) is 8.54 Å². The van der Waals surface area contributed by atoms with Crippen LogP contribution in [0.25, 0.3) is 22.0 Å². The number of benzene rings is 3. The van der Waals surface area contributed by atoms with Gasteiger partial charge in [0.2, 0.25) is 5.75 Å². The molecule has 0 saturated carbocycles. The Morgan fingerprint density at radius 2 is 1.67 bits per heavy atom. The number of halogens is 5. The van der Waals surface area contributed by atoms with Crippen molar-refractivity contribution >= 4 is 38.2 Å². The molecule has 1 N–H and O–H groups in total. The van der Waals surface area contributed by atoms with Crippen molar-refractivity contribution in [3.05, 3.63) is 111 Å². The molecule has 0 atom stereocenters. The van der Waals surface area contributed by atoms with Gasteiger partial charge in [-0.2, -0.15) is 13.2 Å². The number of alkyl halides is 3. The Kier molecular flexibility index (Phi) is 7.89. The number of anilines is 1. The van der Waals surface area contributed by atoms with Gasteiger partial charge >= 0.3 is 17.8 Å². The van der Waals surface area contributed by atoms with E-state index in [4.69, 9.17) is 4.74 Å². The van der Waals surface area contributed by atoms with E-state index in [-0.39, 0.29) is 21.4 Å². The molecule has 2 aromatic heterocycles. The molecule has 5 rings (SSSR count). The zero-order valence-electron chi connectivity index (χ0n) is 23.4. The average molecular weight is 663 g/mol. The third-order valence-corrected chi connectivity index (χ3v) is 8.47. The van der Waals surface area contributed by atoms with Crippen LogP contribution in [-0.4, -0.2) is 34.0 Å². The van der Waals surface area contributed by atoms with Gasteiger partial charge in [0.05, 0.1) is 9.82 Å². The largest absolute Gasteiger partial charge is 0.471 e. The van der Waals surface area contributed by atoms with Gasteiger partial charge in [-0.25, -0.2) is 21.2 Å². The van der Waals surface area contributed by atoms with Gasteiger partial charge in [0, 0.05) is 42.0 Å². The van der Waals surface area contributed by atoms with Crippen LogP contribution in [0, 0.1) is 28.7 Å². The molecule has 0 aliphatic rings. The van der Waals surface area contributed by atoms with E-state index in [1.165, 1.54) is 30.6 Å². The average Bonchev–Trinajstić information content (AvgIpc) is 3.43. The van der Waals surface area contributed by atoms with Crippen molar-refractivity contribution in [1.29, 1.82) is 0 Å². The van der Waals surface area contributed by atoms with Crippen LogP contribution in [0.15, 0.2) is 82.7 Å². The molecule has 0 bridgehead atoms. The Labute approximate surface area is 255 Å². The molecule has 238 valence electrons. The summed E-state index contributed by atoms with van der Waals surface area (Å²) in [5.41, 5.74) is -3.14. The van der Waals surface area contributed by atoms with Gasteiger partial charge in [-0.05, 0) is 49.4 Å². The Morgan fingerprint density at radius 1 is 1.00 bits per heavy atom. The van der Waals surface area contributed by atoms with Crippen molar-refractivity contribution in [2.75, 3.05) is 5.32 Å². The number of hydrogen-bond acceptors (Lipinski definition) is 7. The maximum Gasteiger partial charge on any atom is 0.471 e. The summed E-state index contributed by atoms with van der Waals surface area (Å²) >= 11 is 0. The normalized spacial score (nSPS) is 11.9. The van der Waals surface area contributed by atoms with Gasteiger partial charge in [0.1, 0.15) is 17.0 Å². The van der Waals surface area contributed by atoms with Crippen molar-refractivity contribution in [3.63, 3.8) is 0 Å². The zero-order chi connectivity index (χ0) is 33.7. The minimum atomic E-state index is -5.45. The van der Waals surface area contributed by atoms with Gasteiger partial charge in [0.25, 0.3) is 15.6 Å². The number of aryl methyl sites for hydroxylation is 2. The topological polar surface area (TPSA) is 143 Å². The Balaban J connectivity index is 1.82. The molecule has 46 heavy (non-hydrogen) atoms. The first-order valence-electron chi connectivity index (χ1n) is 12.9. The van der Waals surface area contributed by atoms with Crippen molar-refractivity contribution < 1.29 is 44.8 Å². The molecule has 0 radical (unpaired) electrons. The Morgan fingerprint density at radius 3 is 2.28 bits per heavy atom. The number of nitrogens with one attached hydrogen (secondary N) is 1. The molecular weight excluding hydrogens is 643 g/mol. The summed E-state index contributed by atoms with van der Waals surface area (Å²) in [6, 6.07) is 10.6. The van der Waals surface area contributed by atoms with Crippen LogP contribution in [0.2, 0.25) is 0 Å². The zero-order valence-corrected chi connectivity index (χ0v) is 24.2. The molecule has 5 aromatic rings. The first kappa shape index (κ1) is 31.8. The summed E-state index contributed by atoms with van der Waals surface area (Å²) in [5, 5.41) is 13.6. The predicted octanol–water partition coefficient (Wildman–Crippen LogP) is 6.03. The predicted molar refractivity (Wildman–Crippen MR) is 154 cm³/mol. The lowest BCUT2D eigenvalue weighted by atomic mass is 10.0. The fourth-order valence-corrected chi connectivity index (χ4v) is 5.94. The fraction of sp³-hybridized carbons (Fsp3) is 0.103. The summed E-state index contributed by atoms with van der Waals surface area (Å²) in [6.07, 6.45) is -3.24. The molecular formula is C29H19F5N4O7S. The number of carbonyl (C=O) groups excluding carboxylic acids is 1.